The molecule has 0 bridgehead atoms. The number of allylic oxidation sites excluding steroid dienone is 1. The number of aromatic nitrogens is 3. The SMILES string of the molecule is C=NN(/C=C\C)c1cc(NC(CCN(CCCCc2ccc3c(n2)NCCC3)CC(F)F)C(=O)O)ncn1. The fourth-order valence-electron chi connectivity index (χ4n) is 4.28. The van der Waals surface area contributed by atoms with E-state index in [1.807, 2.05) is 13.0 Å². The molecule has 0 spiro atoms. The summed E-state index contributed by atoms with van der Waals surface area (Å²) in [5.41, 5.74) is 2.22. The quantitative estimate of drug-likeness (QED) is 0.168. The van der Waals surface area contributed by atoms with Gasteiger partial charge in [-0.3, -0.25) is 4.90 Å². The number of nitrogens with zero attached hydrogens (tertiary/aromatic N) is 6. The molecule has 0 radical (unpaired) electrons. The molecule has 1 atom stereocenters. The Morgan fingerprint density at radius 3 is 2.89 bits per heavy atom. The van der Waals surface area contributed by atoms with Crippen molar-refractivity contribution in [3.63, 3.8) is 0 Å². The molecule has 38 heavy (non-hydrogen) atoms. The lowest BCUT2D eigenvalue weighted by Gasteiger charge is -2.24. The molecule has 0 fully saturated rings. The third kappa shape index (κ3) is 9.02. The average Bonchev–Trinajstić information content (AvgIpc) is 2.91. The summed E-state index contributed by atoms with van der Waals surface area (Å²) in [5.74, 6) is 0.545. The van der Waals surface area contributed by atoms with Gasteiger partial charge in [-0.2, -0.15) is 5.10 Å². The number of aliphatic carboxylic acids is 1. The zero-order chi connectivity index (χ0) is 27.3. The van der Waals surface area contributed by atoms with Crippen LogP contribution in [0.25, 0.3) is 0 Å². The zero-order valence-electron chi connectivity index (χ0n) is 21.7. The first-order chi connectivity index (χ1) is 18.4. The number of hydrazone groups is 1. The van der Waals surface area contributed by atoms with Crippen molar-refractivity contribution < 1.29 is 18.7 Å². The highest BCUT2D eigenvalue weighted by Gasteiger charge is 2.21. The number of pyridine rings is 1. The van der Waals surface area contributed by atoms with Crippen LogP contribution in [0.3, 0.4) is 0 Å². The van der Waals surface area contributed by atoms with Gasteiger partial charge < -0.3 is 15.7 Å². The number of carboxylic acids is 1. The summed E-state index contributed by atoms with van der Waals surface area (Å²) in [7, 11) is 0. The second-order valence-electron chi connectivity index (χ2n) is 9.04. The number of carbonyl (C=O) groups is 1. The molecule has 3 rings (SSSR count). The first-order valence-electron chi connectivity index (χ1n) is 12.8. The fourth-order valence-corrected chi connectivity index (χ4v) is 4.28. The third-order valence-corrected chi connectivity index (χ3v) is 6.19. The van der Waals surface area contributed by atoms with Crippen LogP contribution in [-0.4, -0.2) is 76.3 Å². The van der Waals surface area contributed by atoms with Gasteiger partial charge in [-0.1, -0.05) is 12.1 Å². The van der Waals surface area contributed by atoms with Crippen LogP contribution in [0.15, 0.2) is 41.9 Å². The van der Waals surface area contributed by atoms with E-state index < -0.39 is 25.0 Å². The van der Waals surface area contributed by atoms with Gasteiger partial charge in [0.15, 0.2) is 5.82 Å². The topological polar surface area (TPSA) is 119 Å². The Labute approximate surface area is 221 Å². The van der Waals surface area contributed by atoms with Gasteiger partial charge in [-0.25, -0.2) is 33.5 Å². The fraction of sp³-hybridized carbons (Fsp3) is 0.500. The Kier molecular flexibility index (Phi) is 11.3. The number of carboxylic acid groups (broad SMARTS) is 1. The van der Waals surface area contributed by atoms with Crippen LogP contribution in [0.4, 0.5) is 26.2 Å². The molecule has 2 aromatic rings. The van der Waals surface area contributed by atoms with Crippen molar-refractivity contribution in [2.45, 2.75) is 57.9 Å². The second kappa shape index (κ2) is 14.9. The molecule has 0 amide bonds. The molecule has 0 aromatic carbocycles. The van der Waals surface area contributed by atoms with Gasteiger partial charge in [0.05, 0.1) is 6.54 Å². The molecular formula is C26H36F2N8O2. The van der Waals surface area contributed by atoms with Crippen LogP contribution < -0.4 is 15.6 Å². The molecule has 2 aromatic heterocycles. The predicted octanol–water partition coefficient (Wildman–Crippen LogP) is 4.03. The maximum absolute atomic E-state index is 13.2. The summed E-state index contributed by atoms with van der Waals surface area (Å²) in [4.78, 5) is 26.4. The molecule has 3 N–H and O–H groups in total. The standard InChI is InChI=1S/C26H36F2N8O2/c1-3-13-36(29-2)24-16-23(31-18-32-24)34-21(26(37)38)11-15-35(17-22(27)28)14-5-4-8-20-10-9-19-7-6-12-30-25(19)33-20/h3,9-10,13,16,18,21-22H,2,4-8,11-12,14-15,17H2,1H3,(H,30,33)(H,37,38)(H,31,32,34)/b13-3-. The summed E-state index contributed by atoms with van der Waals surface area (Å²) in [6, 6.07) is 4.68. The van der Waals surface area contributed by atoms with Gasteiger partial charge in [0.1, 0.15) is 24.0 Å². The molecule has 1 aliphatic rings. The number of anilines is 3. The first-order valence-corrected chi connectivity index (χ1v) is 12.8. The van der Waals surface area contributed by atoms with Gasteiger partial charge in [0.2, 0.25) is 0 Å². The second-order valence-corrected chi connectivity index (χ2v) is 9.04. The average molecular weight is 531 g/mol. The van der Waals surface area contributed by atoms with Crippen LogP contribution in [0.2, 0.25) is 0 Å². The summed E-state index contributed by atoms with van der Waals surface area (Å²) in [5, 5.41) is 21.2. The van der Waals surface area contributed by atoms with Crippen LogP contribution >= 0.6 is 0 Å². The Bertz CT molecular complexity index is 1080. The van der Waals surface area contributed by atoms with Crippen LogP contribution in [-0.2, 0) is 17.6 Å². The van der Waals surface area contributed by atoms with Crippen LogP contribution in [0.5, 0.6) is 0 Å². The monoisotopic (exact) mass is 530 g/mol. The minimum absolute atomic E-state index is 0.123. The molecule has 0 saturated heterocycles. The Balaban J connectivity index is 1.53. The van der Waals surface area contributed by atoms with E-state index in [2.05, 4.69) is 43.5 Å². The number of halogens is 2. The highest BCUT2D eigenvalue weighted by atomic mass is 19.3. The molecule has 0 aliphatic carbocycles. The van der Waals surface area contributed by atoms with Crippen molar-refractivity contribution in [2.75, 3.05) is 41.8 Å². The van der Waals surface area contributed by atoms with E-state index in [9.17, 15) is 18.7 Å². The number of aryl methyl sites for hydroxylation is 2. The number of hydrogen-bond donors (Lipinski definition) is 3. The van der Waals surface area contributed by atoms with Crippen molar-refractivity contribution in [3.05, 3.63) is 48.1 Å². The van der Waals surface area contributed by atoms with E-state index in [-0.39, 0.29) is 18.8 Å². The van der Waals surface area contributed by atoms with Gasteiger partial charge in [0.25, 0.3) is 6.43 Å². The van der Waals surface area contributed by atoms with Crippen molar-refractivity contribution in [2.24, 2.45) is 5.10 Å². The van der Waals surface area contributed by atoms with Gasteiger partial charge in [-0.15, -0.1) is 0 Å². The van der Waals surface area contributed by atoms with E-state index in [4.69, 9.17) is 0 Å². The van der Waals surface area contributed by atoms with Gasteiger partial charge >= 0.3 is 5.97 Å². The lowest BCUT2D eigenvalue weighted by atomic mass is 10.1. The first kappa shape index (κ1) is 28.9. The number of unbranched alkanes of at least 4 members (excludes halogenated alkanes) is 1. The lowest BCUT2D eigenvalue weighted by molar-refractivity contribution is -0.138. The number of fused-ring (bicyclic) bond motifs is 1. The van der Waals surface area contributed by atoms with E-state index in [1.54, 1.807) is 23.2 Å². The van der Waals surface area contributed by atoms with Crippen LogP contribution in [0.1, 0.15) is 43.9 Å². The van der Waals surface area contributed by atoms with Crippen molar-refractivity contribution >= 4 is 30.1 Å². The van der Waals surface area contributed by atoms with Gasteiger partial charge in [-0.05, 0) is 63.6 Å². The van der Waals surface area contributed by atoms with Crippen molar-refractivity contribution in [3.8, 4) is 0 Å². The smallest absolute Gasteiger partial charge is 0.326 e. The Morgan fingerprint density at radius 2 is 2.16 bits per heavy atom. The number of nitrogens with one attached hydrogen (secondary N) is 2. The van der Waals surface area contributed by atoms with E-state index in [0.717, 1.165) is 43.7 Å². The van der Waals surface area contributed by atoms with E-state index >= 15 is 0 Å². The molecule has 206 valence electrons. The van der Waals surface area contributed by atoms with Crippen molar-refractivity contribution in [1.82, 2.24) is 19.9 Å². The van der Waals surface area contributed by atoms with Gasteiger partial charge in [0, 0.05) is 37.8 Å². The zero-order valence-corrected chi connectivity index (χ0v) is 21.7. The number of hydrogen-bond acceptors (Lipinski definition) is 9. The molecule has 10 nitrogen and oxygen atoms in total. The molecule has 12 heteroatoms. The Morgan fingerprint density at radius 1 is 1.32 bits per heavy atom. The van der Waals surface area contributed by atoms with E-state index in [1.165, 1.54) is 16.9 Å². The normalized spacial score (nSPS) is 13.8. The molecule has 1 aliphatic heterocycles. The Hall–Kier alpha value is -3.67. The molecule has 3 heterocycles. The largest absolute Gasteiger partial charge is 0.480 e. The highest BCUT2D eigenvalue weighted by molar-refractivity contribution is 5.77. The number of alkyl halides is 2. The predicted molar refractivity (Wildman–Crippen MR) is 145 cm³/mol. The summed E-state index contributed by atoms with van der Waals surface area (Å²) in [6.07, 6.45) is 6.70. The van der Waals surface area contributed by atoms with Crippen LogP contribution in [0, 0.1) is 0 Å². The highest BCUT2D eigenvalue weighted by Crippen LogP contribution is 2.20. The molecule has 1 unspecified atom stereocenters. The lowest BCUT2D eigenvalue weighted by Crippen LogP contribution is -2.37. The maximum atomic E-state index is 13.2. The minimum Gasteiger partial charge on any atom is -0.480 e. The van der Waals surface area contributed by atoms with Crippen molar-refractivity contribution in [1.29, 1.82) is 0 Å². The minimum atomic E-state index is -2.51. The summed E-state index contributed by atoms with van der Waals surface area (Å²) >= 11 is 0. The summed E-state index contributed by atoms with van der Waals surface area (Å²) < 4.78 is 26.5. The van der Waals surface area contributed by atoms with E-state index in [0.29, 0.717) is 18.8 Å². The molecular weight excluding hydrogens is 494 g/mol. The maximum Gasteiger partial charge on any atom is 0.326 e. The molecule has 0 saturated carbocycles. The number of rotatable bonds is 16. The third-order valence-electron chi connectivity index (χ3n) is 6.19. The summed E-state index contributed by atoms with van der Waals surface area (Å²) in [6.45, 7) is 6.47.